The van der Waals surface area contributed by atoms with E-state index in [-0.39, 0.29) is 11.5 Å². The summed E-state index contributed by atoms with van der Waals surface area (Å²) in [6.45, 7) is -0.128. The van der Waals surface area contributed by atoms with Crippen LogP contribution in [0.15, 0.2) is 11.4 Å². The molecular formula is C5H4ClNO2S. The van der Waals surface area contributed by atoms with E-state index in [2.05, 4.69) is 0 Å². The van der Waals surface area contributed by atoms with E-state index in [0.717, 1.165) is 0 Å². The molecule has 3 nitrogen and oxygen atoms in total. The van der Waals surface area contributed by atoms with Gasteiger partial charge in [0, 0.05) is 10.3 Å². The van der Waals surface area contributed by atoms with Crippen molar-refractivity contribution in [2.75, 3.05) is 0 Å². The third-order valence-electron chi connectivity index (χ3n) is 0.907. The van der Waals surface area contributed by atoms with E-state index in [4.69, 9.17) is 11.6 Å². The maximum Gasteiger partial charge on any atom is 0.237 e. The first-order valence-electron chi connectivity index (χ1n) is 2.53. The molecule has 0 bridgehead atoms. The van der Waals surface area contributed by atoms with Gasteiger partial charge < -0.3 is 0 Å². The van der Waals surface area contributed by atoms with Crippen molar-refractivity contribution in [3.05, 3.63) is 31.5 Å². The molecule has 0 radical (unpaired) electrons. The van der Waals surface area contributed by atoms with Gasteiger partial charge in [-0.25, -0.2) is 0 Å². The molecule has 0 spiro atoms. The Morgan fingerprint density at radius 1 is 1.80 bits per heavy atom. The lowest BCUT2D eigenvalue weighted by Crippen LogP contribution is -1.94. The molecule has 1 aromatic rings. The van der Waals surface area contributed by atoms with Crippen molar-refractivity contribution >= 4 is 22.9 Å². The minimum absolute atomic E-state index is 0.128. The van der Waals surface area contributed by atoms with E-state index >= 15 is 0 Å². The summed E-state index contributed by atoms with van der Waals surface area (Å²) in [6.07, 6.45) is 0. The van der Waals surface area contributed by atoms with Crippen molar-refractivity contribution in [1.82, 2.24) is 0 Å². The van der Waals surface area contributed by atoms with E-state index < -0.39 is 0 Å². The van der Waals surface area contributed by atoms with Crippen LogP contribution in [0.5, 0.6) is 0 Å². The monoisotopic (exact) mass is 177 g/mol. The van der Waals surface area contributed by atoms with Gasteiger partial charge in [0.1, 0.15) is 0 Å². The second-order valence-electron chi connectivity index (χ2n) is 1.72. The first kappa shape index (κ1) is 7.50. The number of nitro groups is 1. The van der Waals surface area contributed by atoms with Crippen LogP contribution < -0.4 is 0 Å². The highest BCUT2D eigenvalue weighted by Crippen LogP contribution is 2.19. The summed E-state index contributed by atoms with van der Waals surface area (Å²) in [6, 6.07) is 1.61. The van der Waals surface area contributed by atoms with E-state index in [1.165, 1.54) is 11.3 Å². The molecule has 0 aliphatic carbocycles. The number of thiophene rings is 1. The summed E-state index contributed by atoms with van der Waals surface area (Å²) >= 11 is 6.84. The van der Waals surface area contributed by atoms with E-state index in [1.807, 2.05) is 0 Å². The molecule has 0 N–H and O–H groups in total. The van der Waals surface area contributed by atoms with Gasteiger partial charge in [-0.05, 0) is 6.07 Å². The lowest BCUT2D eigenvalue weighted by atomic mass is 10.5. The molecule has 0 amide bonds. The molecule has 54 valence electrons. The summed E-state index contributed by atoms with van der Waals surface area (Å²) in [5, 5.41) is 12.2. The van der Waals surface area contributed by atoms with E-state index in [9.17, 15) is 10.1 Å². The average molecular weight is 178 g/mol. The molecule has 0 aromatic carbocycles. The van der Waals surface area contributed by atoms with Crippen LogP contribution >= 0.6 is 22.9 Å². The first-order valence-corrected chi connectivity index (χ1v) is 3.79. The highest BCUT2D eigenvalue weighted by molar-refractivity contribution is 7.10. The highest BCUT2D eigenvalue weighted by atomic mass is 35.5. The molecular weight excluding hydrogens is 174 g/mol. The van der Waals surface area contributed by atoms with Crippen LogP contribution in [0.2, 0.25) is 5.02 Å². The molecule has 0 saturated carbocycles. The molecule has 0 aliphatic rings. The zero-order chi connectivity index (χ0) is 7.56. The smallest absolute Gasteiger partial charge is 0.237 e. The lowest BCUT2D eigenvalue weighted by molar-refractivity contribution is -0.496. The van der Waals surface area contributed by atoms with Gasteiger partial charge in [-0.3, -0.25) is 10.1 Å². The molecule has 1 heterocycles. The lowest BCUT2D eigenvalue weighted by Gasteiger charge is -1.84. The summed E-state index contributed by atoms with van der Waals surface area (Å²) in [7, 11) is 0. The van der Waals surface area contributed by atoms with Crippen molar-refractivity contribution in [3.8, 4) is 0 Å². The van der Waals surface area contributed by atoms with Crippen LogP contribution in [0.1, 0.15) is 4.88 Å². The quantitative estimate of drug-likeness (QED) is 0.513. The van der Waals surface area contributed by atoms with Gasteiger partial charge >= 0.3 is 0 Å². The molecule has 0 unspecified atom stereocenters. The second kappa shape index (κ2) is 2.98. The summed E-state index contributed by atoms with van der Waals surface area (Å²) in [5.74, 6) is 0. The number of rotatable bonds is 2. The molecule has 0 fully saturated rings. The Bertz CT molecular complexity index is 248. The summed E-state index contributed by atoms with van der Waals surface area (Å²) in [5.41, 5.74) is 0. The van der Waals surface area contributed by atoms with Gasteiger partial charge in [0.2, 0.25) is 6.54 Å². The molecule has 5 heteroatoms. The van der Waals surface area contributed by atoms with Crippen molar-refractivity contribution in [1.29, 1.82) is 0 Å². The van der Waals surface area contributed by atoms with Crippen LogP contribution in [0.3, 0.4) is 0 Å². The third kappa shape index (κ3) is 1.97. The highest BCUT2D eigenvalue weighted by Gasteiger charge is 2.03. The molecule has 1 rings (SSSR count). The Kier molecular flexibility index (Phi) is 2.24. The Hall–Kier alpha value is -0.610. The van der Waals surface area contributed by atoms with E-state index in [0.29, 0.717) is 9.90 Å². The number of nitrogens with zero attached hydrogens (tertiary/aromatic N) is 1. The molecule has 0 aliphatic heterocycles. The minimum atomic E-state index is -0.373. The standard InChI is InChI=1S/C5H4ClNO2S/c6-4-1-5(10-3-4)2-7(8)9/h1,3H,2H2. The van der Waals surface area contributed by atoms with Crippen LogP contribution in [0.4, 0.5) is 0 Å². The molecule has 10 heavy (non-hydrogen) atoms. The third-order valence-corrected chi connectivity index (χ3v) is 2.18. The first-order chi connectivity index (χ1) is 4.68. The number of hydrogen-bond donors (Lipinski definition) is 0. The predicted molar refractivity (Wildman–Crippen MR) is 40.0 cm³/mol. The topological polar surface area (TPSA) is 43.1 Å². The van der Waals surface area contributed by atoms with Gasteiger partial charge in [-0.2, -0.15) is 0 Å². The normalized spacial score (nSPS) is 9.70. The van der Waals surface area contributed by atoms with Crippen LogP contribution in [-0.2, 0) is 6.54 Å². The van der Waals surface area contributed by atoms with Crippen molar-refractivity contribution in [2.45, 2.75) is 6.54 Å². The fraction of sp³-hybridized carbons (Fsp3) is 0.200. The predicted octanol–water partition coefficient (Wildman–Crippen LogP) is 2.18. The number of halogens is 1. The zero-order valence-corrected chi connectivity index (χ0v) is 6.48. The van der Waals surface area contributed by atoms with Gasteiger partial charge in [0.15, 0.2) is 0 Å². The SMILES string of the molecule is O=[N+]([O-])Cc1cc(Cl)cs1. The van der Waals surface area contributed by atoms with Crippen molar-refractivity contribution in [2.24, 2.45) is 0 Å². The summed E-state index contributed by atoms with van der Waals surface area (Å²) in [4.78, 5) is 10.3. The average Bonchev–Trinajstić information content (AvgIpc) is 2.13. The number of hydrogen-bond acceptors (Lipinski definition) is 3. The molecule has 0 saturated heterocycles. The Balaban J connectivity index is 2.67. The van der Waals surface area contributed by atoms with Crippen molar-refractivity contribution in [3.63, 3.8) is 0 Å². The maximum absolute atomic E-state index is 9.95. The second-order valence-corrected chi connectivity index (χ2v) is 3.15. The molecule has 0 atom stereocenters. The molecule has 1 aromatic heterocycles. The Labute approximate surface area is 66.4 Å². The summed E-state index contributed by atoms with van der Waals surface area (Å²) < 4.78 is 0. The fourth-order valence-electron chi connectivity index (χ4n) is 0.564. The van der Waals surface area contributed by atoms with Gasteiger partial charge in [-0.1, -0.05) is 11.6 Å². The maximum atomic E-state index is 9.95. The van der Waals surface area contributed by atoms with Gasteiger partial charge in [0.05, 0.1) is 9.90 Å². The van der Waals surface area contributed by atoms with Gasteiger partial charge in [-0.15, -0.1) is 11.3 Å². The fourth-order valence-corrected chi connectivity index (χ4v) is 1.60. The van der Waals surface area contributed by atoms with Gasteiger partial charge in [0.25, 0.3) is 0 Å². The van der Waals surface area contributed by atoms with Crippen LogP contribution in [0, 0.1) is 10.1 Å². The minimum Gasteiger partial charge on any atom is -0.264 e. The Morgan fingerprint density at radius 2 is 2.50 bits per heavy atom. The van der Waals surface area contributed by atoms with E-state index in [1.54, 1.807) is 11.4 Å². The van der Waals surface area contributed by atoms with Crippen LogP contribution in [0.25, 0.3) is 0 Å². The van der Waals surface area contributed by atoms with Crippen LogP contribution in [-0.4, -0.2) is 4.92 Å². The Morgan fingerprint density at radius 3 is 2.90 bits per heavy atom. The zero-order valence-electron chi connectivity index (χ0n) is 4.91. The van der Waals surface area contributed by atoms with Crippen molar-refractivity contribution < 1.29 is 4.92 Å². The largest absolute Gasteiger partial charge is 0.264 e.